The van der Waals surface area contributed by atoms with Gasteiger partial charge in [-0.1, -0.05) is 6.07 Å². The fourth-order valence-corrected chi connectivity index (χ4v) is 0.712. The molecule has 10 heavy (non-hydrogen) atoms. The second-order valence-corrected chi connectivity index (χ2v) is 2.13. The number of nitrogens with two attached hydrogens (primary N) is 1. The van der Waals surface area contributed by atoms with Crippen LogP contribution >= 0.6 is 0 Å². The zero-order valence-electron chi connectivity index (χ0n) is 5.78. The van der Waals surface area contributed by atoms with E-state index in [1.165, 1.54) is 5.01 Å². The van der Waals surface area contributed by atoms with Crippen LogP contribution in [0.3, 0.4) is 0 Å². The molecule has 54 valence electrons. The third kappa shape index (κ3) is 1.39. The Kier molecular flexibility index (Phi) is 1.78. The monoisotopic (exact) mass is 138 g/mol. The SMILES string of the molecule is CN(N)c1cccc(O)c1. The molecule has 0 radical (unpaired) electrons. The van der Waals surface area contributed by atoms with Crippen LogP contribution in [0.5, 0.6) is 5.75 Å². The van der Waals surface area contributed by atoms with Gasteiger partial charge in [-0.05, 0) is 12.1 Å². The van der Waals surface area contributed by atoms with Crippen LogP contribution in [0.15, 0.2) is 24.3 Å². The van der Waals surface area contributed by atoms with Gasteiger partial charge in [0, 0.05) is 13.1 Å². The number of aromatic hydroxyl groups is 1. The third-order valence-corrected chi connectivity index (χ3v) is 1.24. The average molecular weight is 138 g/mol. The van der Waals surface area contributed by atoms with Crippen LogP contribution in [0.25, 0.3) is 0 Å². The molecule has 3 N–H and O–H groups in total. The van der Waals surface area contributed by atoms with Crippen LogP contribution in [0.1, 0.15) is 0 Å². The van der Waals surface area contributed by atoms with Crippen molar-refractivity contribution in [3.63, 3.8) is 0 Å². The Morgan fingerprint density at radius 1 is 1.50 bits per heavy atom. The summed E-state index contributed by atoms with van der Waals surface area (Å²) in [6.07, 6.45) is 0. The van der Waals surface area contributed by atoms with Gasteiger partial charge in [-0.3, -0.25) is 0 Å². The molecular weight excluding hydrogens is 128 g/mol. The molecule has 0 bridgehead atoms. The Balaban J connectivity index is 2.96. The smallest absolute Gasteiger partial charge is 0.117 e. The zero-order chi connectivity index (χ0) is 7.56. The summed E-state index contributed by atoms with van der Waals surface area (Å²) >= 11 is 0. The molecule has 1 aromatic rings. The zero-order valence-corrected chi connectivity index (χ0v) is 5.78. The normalized spacial score (nSPS) is 9.40. The summed E-state index contributed by atoms with van der Waals surface area (Å²) in [6.45, 7) is 0. The lowest BCUT2D eigenvalue weighted by Crippen LogP contribution is -2.24. The van der Waals surface area contributed by atoms with Gasteiger partial charge in [0.05, 0.1) is 5.69 Å². The van der Waals surface area contributed by atoms with Crippen LogP contribution in [-0.2, 0) is 0 Å². The number of hydrogen-bond acceptors (Lipinski definition) is 3. The number of anilines is 1. The summed E-state index contributed by atoms with van der Waals surface area (Å²) in [5.41, 5.74) is 0.792. The summed E-state index contributed by atoms with van der Waals surface area (Å²) in [5, 5.41) is 10.4. The number of nitrogens with zero attached hydrogens (tertiary/aromatic N) is 1. The highest BCUT2D eigenvalue weighted by Crippen LogP contribution is 2.16. The van der Waals surface area contributed by atoms with Gasteiger partial charge in [0.25, 0.3) is 0 Å². The van der Waals surface area contributed by atoms with Crippen molar-refractivity contribution in [2.24, 2.45) is 5.84 Å². The first-order chi connectivity index (χ1) is 4.70. The first-order valence-electron chi connectivity index (χ1n) is 2.97. The minimum absolute atomic E-state index is 0.231. The number of hydrazine groups is 1. The van der Waals surface area contributed by atoms with Crippen LogP contribution in [0, 0.1) is 0 Å². The van der Waals surface area contributed by atoms with Gasteiger partial charge in [0.2, 0.25) is 0 Å². The molecule has 3 heteroatoms. The van der Waals surface area contributed by atoms with Gasteiger partial charge in [0.1, 0.15) is 5.75 Å². The summed E-state index contributed by atoms with van der Waals surface area (Å²) in [7, 11) is 1.72. The number of benzene rings is 1. The average Bonchev–Trinajstić information content (AvgIpc) is 1.88. The summed E-state index contributed by atoms with van der Waals surface area (Å²) in [4.78, 5) is 0. The topological polar surface area (TPSA) is 49.5 Å². The van der Waals surface area contributed by atoms with Crippen molar-refractivity contribution in [3.05, 3.63) is 24.3 Å². The Bertz CT molecular complexity index is 223. The molecule has 0 amide bonds. The number of hydrogen-bond donors (Lipinski definition) is 2. The Morgan fingerprint density at radius 2 is 2.20 bits per heavy atom. The molecule has 1 rings (SSSR count). The second-order valence-electron chi connectivity index (χ2n) is 2.13. The summed E-state index contributed by atoms with van der Waals surface area (Å²) in [5.74, 6) is 5.64. The minimum Gasteiger partial charge on any atom is -0.508 e. The van der Waals surface area contributed by atoms with E-state index < -0.39 is 0 Å². The lowest BCUT2D eigenvalue weighted by molar-refractivity contribution is 0.475. The fraction of sp³-hybridized carbons (Fsp3) is 0.143. The maximum absolute atomic E-state index is 8.98. The van der Waals surface area contributed by atoms with Crippen molar-refractivity contribution in [1.29, 1.82) is 0 Å². The van der Waals surface area contributed by atoms with E-state index in [0.717, 1.165) is 5.69 Å². The molecule has 0 aromatic heterocycles. The summed E-state index contributed by atoms with van der Waals surface area (Å²) in [6, 6.07) is 6.76. The van der Waals surface area contributed by atoms with Gasteiger partial charge in [-0.2, -0.15) is 0 Å². The molecule has 0 aliphatic heterocycles. The molecule has 0 saturated heterocycles. The molecule has 0 saturated carbocycles. The van der Waals surface area contributed by atoms with Crippen molar-refractivity contribution in [1.82, 2.24) is 0 Å². The van der Waals surface area contributed by atoms with Gasteiger partial charge >= 0.3 is 0 Å². The van der Waals surface area contributed by atoms with Crippen molar-refractivity contribution in [2.45, 2.75) is 0 Å². The maximum Gasteiger partial charge on any atom is 0.117 e. The van der Waals surface area contributed by atoms with Crippen molar-refractivity contribution in [2.75, 3.05) is 12.1 Å². The minimum atomic E-state index is 0.231. The van der Waals surface area contributed by atoms with Crippen LogP contribution in [0.2, 0.25) is 0 Å². The highest BCUT2D eigenvalue weighted by atomic mass is 16.3. The quantitative estimate of drug-likeness (QED) is 0.443. The molecule has 0 unspecified atom stereocenters. The van der Waals surface area contributed by atoms with E-state index in [2.05, 4.69) is 0 Å². The van der Waals surface area contributed by atoms with Gasteiger partial charge in [-0.25, -0.2) is 5.84 Å². The van der Waals surface area contributed by atoms with E-state index in [0.29, 0.717) is 0 Å². The van der Waals surface area contributed by atoms with E-state index in [9.17, 15) is 0 Å². The van der Waals surface area contributed by atoms with Crippen molar-refractivity contribution >= 4 is 5.69 Å². The molecule has 1 aromatic carbocycles. The third-order valence-electron chi connectivity index (χ3n) is 1.24. The van der Waals surface area contributed by atoms with Crippen LogP contribution < -0.4 is 10.9 Å². The molecule has 0 aliphatic rings. The van der Waals surface area contributed by atoms with Gasteiger partial charge in [0.15, 0.2) is 0 Å². The van der Waals surface area contributed by atoms with E-state index >= 15 is 0 Å². The highest BCUT2D eigenvalue weighted by Gasteiger charge is 1.93. The lowest BCUT2D eigenvalue weighted by Gasteiger charge is -2.10. The molecule has 0 spiro atoms. The van der Waals surface area contributed by atoms with E-state index in [4.69, 9.17) is 10.9 Å². The predicted octanol–water partition coefficient (Wildman–Crippen LogP) is 0.702. The van der Waals surface area contributed by atoms with E-state index in [-0.39, 0.29) is 5.75 Å². The molecule has 0 fully saturated rings. The lowest BCUT2D eigenvalue weighted by atomic mass is 10.3. The van der Waals surface area contributed by atoms with Gasteiger partial charge < -0.3 is 10.1 Å². The fourth-order valence-electron chi connectivity index (χ4n) is 0.712. The van der Waals surface area contributed by atoms with Crippen molar-refractivity contribution in [3.8, 4) is 5.75 Å². The molecule has 0 heterocycles. The Morgan fingerprint density at radius 3 is 2.60 bits per heavy atom. The van der Waals surface area contributed by atoms with E-state index in [1.807, 2.05) is 6.07 Å². The number of phenols is 1. The largest absolute Gasteiger partial charge is 0.508 e. The second kappa shape index (κ2) is 2.58. The first kappa shape index (κ1) is 6.89. The Labute approximate surface area is 59.7 Å². The van der Waals surface area contributed by atoms with Gasteiger partial charge in [-0.15, -0.1) is 0 Å². The van der Waals surface area contributed by atoms with Crippen LogP contribution in [-0.4, -0.2) is 12.2 Å². The first-order valence-corrected chi connectivity index (χ1v) is 2.97. The van der Waals surface area contributed by atoms with E-state index in [1.54, 1.807) is 25.2 Å². The molecular formula is C7H10N2O. The molecule has 0 atom stereocenters. The predicted molar refractivity (Wildman–Crippen MR) is 40.7 cm³/mol. The number of rotatable bonds is 1. The van der Waals surface area contributed by atoms with Crippen LogP contribution in [0.4, 0.5) is 5.69 Å². The maximum atomic E-state index is 8.98. The summed E-state index contributed by atoms with van der Waals surface area (Å²) < 4.78 is 0. The molecule has 0 aliphatic carbocycles. The highest BCUT2D eigenvalue weighted by molar-refractivity contribution is 5.48. The Hall–Kier alpha value is -1.22. The standard InChI is InChI=1S/C7H10N2O/c1-9(8)6-3-2-4-7(10)5-6/h2-5,10H,8H2,1H3. The van der Waals surface area contributed by atoms with Crippen molar-refractivity contribution < 1.29 is 5.11 Å². The molecule has 3 nitrogen and oxygen atoms in total. The number of phenolic OH excluding ortho intramolecular Hbond substituents is 1.